The lowest BCUT2D eigenvalue weighted by atomic mass is 9.87. The molecule has 3 nitrogen and oxygen atoms in total. The van der Waals surface area contributed by atoms with Gasteiger partial charge >= 0.3 is 0 Å². The van der Waals surface area contributed by atoms with E-state index in [9.17, 15) is 10.5 Å². The van der Waals surface area contributed by atoms with E-state index in [-0.39, 0.29) is 0 Å². The molecule has 0 spiro atoms. The molecule has 4 heteroatoms. The first-order valence-electron chi connectivity index (χ1n) is 13.6. The molecule has 42 heavy (non-hydrogen) atoms. The van der Waals surface area contributed by atoms with Gasteiger partial charge in [0.25, 0.3) is 0 Å². The van der Waals surface area contributed by atoms with Crippen LogP contribution in [-0.2, 0) is 0 Å². The molecule has 0 aliphatic rings. The minimum Gasteiger partial charge on any atom is -0.456 e. The van der Waals surface area contributed by atoms with Crippen LogP contribution in [0.5, 0.6) is 0 Å². The van der Waals surface area contributed by atoms with E-state index in [0.29, 0.717) is 11.1 Å². The molecule has 0 saturated carbocycles. The van der Waals surface area contributed by atoms with Crippen molar-refractivity contribution in [2.45, 2.75) is 0 Å². The Morgan fingerprint density at radius 3 is 1.86 bits per heavy atom. The molecule has 0 saturated heterocycles. The molecule has 0 aliphatic carbocycles. The van der Waals surface area contributed by atoms with E-state index in [4.69, 9.17) is 4.42 Å². The molecule has 8 rings (SSSR count). The predicted octanol–water partition coefficient (Wildman–Crippen LogP) is 10.7. The first-order valence-corrected chi connectivity index (χ1v) is 14.4. The van der Waals surface area contributed by atoms with Gasteiger partial charge in [-0.2, -0.15) is 10.5 Å². The van der Waals surface area contributed by atoms with Gasteiger partial charge in [0.2, 0.25) is 0 Å². The van der Waals surface area contributed by atoms with Crippen LogP contribution in [0, 0.1) is 22.7 Å². The third-order valence-electron chi connectivity index (χ3n) is 7.97. The number of nitrogens with zero attached hydrogens (tertiary/aromatic N) is 2. The average Bonchev–Trinajstić information content (AvgIpc) is 3.61. The monoisotopic (exact) mass is 552 g/mol. The summed E-state index contributed by atoms with van der Waals surface area (Å²) in [5.41, 5.74) is 8.54. The molecule has 0 fully saturated rings. The number of thiophene rings is 1. The van der Waals surface area contributed by atoms with Crippen molar-refractivity contribution in [3.63, 3.8) is 0 Å². The highest BCUT2D eigenvalue weighted by atomic mass is 32.1. The van der Waals surface area contributed by atoms with Crippen molar-refractivity contribution in [2.75, 3.05) is 0 Å². The molecule has 0 bridgehead atoms. The van der Waals surface area contributed by atoms with E-state index < -0.39 is 0 Å². The number of rotatable bonds is 3. The van der Waals surface area contributed by atoms with Crippen LogP contribution in [0.4, 0.5) is 0 Å². The lowest BCUT2D eigenvalue weighted by Crippen LogP contribution is -1.93. The van der Waals surface area contributed by atoms with Gasteiger partial charge in [-0.05, 0) is 82.9 Å². The Balaban J connectivity index is 1.41. The van der Waals surface area contributed by atoms with Gasteiger partial charge in [0.05, 0.1) is 17.2 Å². The summed E-state index contributed by atoms with van der Waals surface area (Å²) in [7, 11) is 0. The summed E-state index contributed by atoms with van der Waals surface area (Å²) in [5, 5.41) is 24.5. The number of hydrogen-bond donors (Lipinski definition) is 0. The smallest absolute Gasteiger partial charge is 0.135 e. The van der Waals surface area contributed by atoms with Gasteiger partial charge in [-0.15, -0.1) is 11.3 Å². The standard InChI is InChI=1S/C38H20N2OS/c39-21-23-9-11-24(12-10-23)27-19-30(25-13-15-36-32(17-25)28-5-1-3-7-35(28)41-36)34(22-40)31(20-27)26-14-16-38-33(18-26)29-6-2-4-8-37(29)42-38/h1-20H. The van der Waals surface area contributed by atoms with Gasteiger partial charge < -0.3 is 4.42 Å². The molecular weight excluding hydrogens is 532 g/mol. The van der Waals surface area contributed by atoms with E-state index in [1.165, 1.54) is 20.2 Å². The summed E-state index contributed by atoms with van der Waals surface area (Å²) in [4.78, 5) is 0. The van der Waals surface area contributed by atoms with Crippen LogP contribution in [-0.4, -0.2) is 0 Å². The van der Waals surface area contributed by atoms with E-state index in [0.717, 1.165) is 55.3 Å². The Morgan fingerprint density at radius 2 is 1.10 bits per heavy atom. The van der Waals surface area contributed by atoms with Gasteiger partial charge in [-0.3, -0.25) is 0 Å². The van der Waals surface area contributed by atoms with Crippen molar-refractivity contribution in [1.29, 1.82) is 10.5 Å². The van der Waals surface area contributed by atoms with Gasteiger partial charge in [-0.1, -0.05) is 60.7 Å². The first-order chi connectivity index (χ1) is 20.7. The van der Waals surface area contributed by atoms with Crippen LogP contribution in [0.1, 0.15) is 11.1 Å². The number of furan rings is 1. The number of para-hydroxylation sites is 1. The van der Waals surface area contributed by atoms with Crippen molar-refractivity contribution in [1.82, 2.24) is 0 Å². The zero-order chi connectivity index (χ0) is 28.2. The van der Waals surface area contributed by atoms with Crippen molar-refractivity contribution in [2.24, 2.45) is 0 Å². The summed E-state index contributed by atoms with van der Waals surface area (Å²) in [5.74, 6) is 0. The molecule has 194 valence electrons. The minimum atomic E-state index is 0.611. The maximum Gasteiger partial charge on any atom is 0.135 e. The highest BCUT2D eigenvalue weighted by Gasteiger charge is 2.18. The SMILES string of the molecule is N#Cc1ccc(-c2cc(-c3ccc4oc5ccccc5c4c3)c(C#N)c(-c3ccc4sc5ccccc5c4c3)c2)cc1. The average molecular weight is 553 g/mol. The van der Waals surface area contributed by atoms with Crippen LogP contribution in [0.3, 0.4) is 0 Å². The topological polar surface area (TPSA) is 60.7 Å². The van der Waals surface area contributed by atoms with Crippen molar-refractivity contribution < 1.29 is 4.42 Å². The Kier molecular flexibility index (Phi) is 5.44. The second kappa shape index (κ2) is 9.46. The summed E-state index contributed by atoms with van der Waals surface area (Å²) >= 11 is 1.78. The summed E-state index contributed by atoms with van der Waals surface area (Å²) in [6.45, 7) is 0. The highest BCUT2D eigenvalue weighted by molar-refractivity contribution is 7.25. The molecule has 2 aromatic heterocycles. The molecule has 6 aromatic carbocycles. The number of benzene rings is 6. The normalized spacial score (nSPS) is 11.3. The molecule has 0 N–H and O–H groups in total. The zero-order valence-electron chi connectivity index (χ0n) is 22.3. The lowest BCUT2D eigenvalue weighted by molar-refractivity contribution is 0.669. The quantitative estimate of drug-likeness (QED) is 0.219. The van der Waals surface area contributed by atoms with Gasteiger partial charge in [0.1, 0.15) is 17.2 Å². The highest BCUT2D eigenvalue weighted by Crippen LogP contribution is 2.42. The van der Waals surface area contributed by atoms with Crippen LogP contribution in [0.2, 0.25) is 0 Å². The van der Waals surface area contributed by atoms with Crippen molar-refractivity contribution in [3.8, 4) is 45.5 Å². The third kappa shape index (κ3) is 3.79. The lowest BCUT2D eigenvalue weighted by Gasteiger charge is -2.15. The van der Waals surface area contributed by atoms with Gasteiger partial charge in [0, 0.05) is 42.1 Å². The molecular formula is C38H20N2OS. The van der Waals surface area contributed by atoms with Crippen molar-refractivity contribution in [3.05, 3.63) is 132 Å². The Bertz CT molecular complexity index is 2300. The summed E-state index contributed by atoms with van der Waals surface area (Å²) in [6, 6.07) is 45.7. The first kappa shape index (κ1) is 24.1. The second-order valence-corrected chi connectivity index (χ2v) is 11.4. The molecule has 0 amide bonds. The van der Waals surface area contributed by atoms with Gasteiger partial charge in [0.15, 0.2) is 0 Å². The maximum absolute atomic E-state index is 10.6. The predicted molar refractivity (Wildman–Crippen MR) is 172 cm³/mol. The Morgan fingerprint density at radius 1 is 0.476 bits per heavy atom. The maximum atomic E-state index is 10.6. The number of nitriles is 2. The fraction of sp³-hybridized carbons (Fsp3) is 0. The van der Waals surface area contributed by atoms with E-state index in [2.05, 4.69) is 78.9 Å². The molecule has 0 atom stereocenters. The minimum absolute atomic E-state index is 0.611. The Labute approximate surface area is 245 Å². The molecule has 8 aromatic rings. The zero-order valence-corrected chi connectivity index (χ0v) is 23.1. The Hall–Kier alpha value is -5.68. The fourth-order valence-corrected chi connectivity index (χ4v) is 7.00. The molecule has 0 radical (unpaired) electrons. The van der Waals surface area contributed by atoms with E-state index in [1.807, 2.05) is 54.6 Å². The van der Waals surface area contributed by atoms with E-state index in [1.54, 1.807) is 11.3 Å². The third-order valence-corrected chi connectivity index (χ3v) is 9.12. The van der Waals surface area contributed by atoms with Crippen LogP contribution in [0.25, 0.3) is 75.5 Å². The fourth-order valence-electron chi connectivity index (χ4n) is 5.91. The molecule has 2 heterocycles. The van der Waals surface area contributed by atoms with Crippen molar-refractivity contribution >= 4 is 53.4 Å². The van der Waals surface area contributed by atoms with Crippen LogP contribution >= 0.6 is 11.3 Å². The summed E-state index contributed by atoms with van der Waals surface area (Å²) in [6.07, 6.45) is 0. The summed E-state index contributed by atoms with van der Waals surface area (Å²) < 4.78 is 8.56. The molecule has 0 unspecified atom stereocenters. The largest absolute Gasteiger partial charge is 0.456 e. The van der Waals surface area contributed by atoms with Gasteiger partial charge in [-0.25, -0.2) is 0 Å². The molecule has 0 aliphatic heterocycles. The van der Waals surface area contributed by atoms with Crippen LogP contribution in [0.15, 0.2) is 126 Å². The van der Waals surface area contributed by atoms with Crippen LogP contribution < -0.4 is 0 Å². The second-order valence-electron chi connectivity index (χ2n) is 10.4. The van der Waals surface area contributed by atoms with E-state index >= 15 is 0 Å². The number of fused-ring (bicyclic) bond motifs is 6. The number of hydrogen-bond acceptors (Lipinski definition) is 4.